The van der Waals surface area contributed by atoms with Gasteiger partial charge in [0.1, 0.15) is 6.61 Å². The highest BCUT2D eigenvalue weighted by Gasteiger charge is 2.36. The Kier molecular flexibility index (Phi) is 5.86. The second-order valence-corrected chi connectivity index (χ2v) is 7.74. The van der Waals surface area contributed by atoms with E-state index in [1.807, 2.05) is 61.5 Å². The lowest BCUT2D eigenvalue weighted by atomic mass is 9.99. The molecular weight excluding hydrogens is 388 g/mol. The van der Waals surface area contributed by atoms with E-state index in [0.717, 1.165) is 41.0 Å². The summed E-state index contributed by atoms with van der Waals surface area (Å²) in [4.78, 5) is 14.5. The zero-order chi connectivity index (χ0) is 20.2. The van der Waals surface area contributed by atoms with Crippen LogP contribution in [0, 0.1) is 6.92 Å². The number of ether oxygens (including phenoxy) is 1. The number of hydrogen-bond donors (Lipinski definition) is 0. The van der Waals surface area contributed by atoms with Crippen molar-refractivity contribution in [1.82, 2.24) is 10.1 Å². The normalized spacial score (nSPS) is 16.2. The van der Waals surface area contributed by atoms with Crippen LogP contribution in [0.5, 0.6) is 0 Å². The van der Waals surface area contributed by atoms with Crippen molar-refractivity contribution in [1.29, 1.82) is 0 Å². The van der Waals surface area contributed by atoms with E-state index in [1.54, 1.807) is 4.90 Å². The zero-order valence-electron chi connectivity index (χ0n) is 16.3. The molecule has 6 heteroatoms. The molecule has 29 heavy (non-hydrogen) atoms. The first-order valence-electron chi connectivity index (χ1n) is 9.78. The number of carbonyl (C=O) groups is 1. The molecule has 150 valence electrons. The van der Waals surface area contributed by atoms with Crippen LogP contribution in [0.2, 0.25) is 5.02 Å². The van der Waals surface area contributed by atoms with Crippen molar-refractivity contribution in [2.75, 3.05) is 6.54 Å². The van der Waals surface area contributed by atoms with Gasteiger partial charge in [0, 0.05) is 23.6 Å². The highest BCUT2D eigenvalue weighted by Crippen LogP contribution is 2.36. The molecule has 1 aromatic heterocycles. The van der Waals surface area contributed by atoms with E-state index in [1.165, 1.54) is 0 Å². The van der Waals surface area contributed by atoms with Gasteiger partial charge >= 0.3 is 6.09 Å². The number of nitrogens with zero attached hydrogens (tertiary/aromatic N) is 2. The molecule has 5 nitrogen and oxygen atoms in total. The highest BCUT2D eigenvalue weighted by atomic mass is 35.5. The Morgan fingerprint density at radius 2 is 1.93 bits per heavy atom. The van der Waals surface area contributed by atoms with Crippen molar-refractivity contribution in [2.45, 2.75) is 38.8 Å². The minimum absolute atomic E-state index is 0.151. The molecule has 1 aliphatic rings. The van der Waals surface area contributed by atoms with Crippen LogP contribution in [0.3, 0.4) is 0 Å². The van der Waals surface area contributed by atoms with E-state index in [-0.39, 0.29) is 18.7 Å². The molecule has 0 radical (unpaired) electrons. The van der Waals surface area contributed by atoms with Crippen LogP contribution in [0.15, 0.2) is 59.1 Å². The summed E-state index contributed by atoms with van der Waals surface area (Å²) in [5.41, 5.74) is 3.97. The minimum Gasteiger partial charge on any atom is -0.445 e. The maximum Gasteiger partial charge on any atom is 0.410 e. The van der Waals surface area contributed by atoms with Crippen LogP contribution in [0.25, 0.3) is 0 Å². The second-order valence-electron chi connectivity index (χ2n) is 7.31. The lowest BCUT2D eigenvalue weighted by Gasteiger charge is -2.23. The predicted octanol–water partition coefficient (Wildman–Crippen LogP) is 5.70. The summed E-state index contributed by atoms with van der Waals surface area (Å²) in [5.74, 6) is 0.756. The maximum atomic E-state index is 12.7. The summed E-state index contributed by atoms with van der Waals surface area (Å²) >= 11 is 6.00. The number of hydrogen-bond acceptors (Lipinski definition) is 4. The Hall–Kier alpha value is -2.79. The van der Waals surface area contributed by atoms with E-state index in [2.05, 4.69) is 5.16 Å². The average Bonchev–Trinajstić information content (AvgIpc) is 3.36. The largest absolute Gasteiger partial charge is 0.445 e. The fraction of sp³-hybridized carbons (Fsp3) is 0.304. The van der Waals surface area contributed by atoms with Crippen LogP contribution in [0.1, 0.15) is 47.0 Å². The standard InChI is InChI=1S/C23H23ClN2O3/c1-16-20(14-17-9-11-19(24)12-10-17)22(29-25-16)21-8-5-13-26(21)23(27)28-15-18-6-3-2-4-7-18/h2-4,6-7,9-12,21H,5,8,13-15H2,1H3/t21-/m0/s1. The van der Waals surface area contributed by atoms with Gasteiger partial charge in [0.25, 0.3) is 0 Å². The molecule has 0 N–H and O–H groups in total. The number of aryl methyl sites for hydroxylation is 1. The van der Waals surface area contributed by atoms with Crippen LogP contribution >= 0.6 is 11.6 Å². The molecule has 0 bridgehead atoms. The molecule has 4 rings (SSSR count). The van der Waals surface area contributed by atoms with E-state index >= 15 is 0 Å². The van der Waals surface area contributed by atoms with Crippen molar-refractivity contribution in [3.63, 3.8) is 0 Å². The summed E-state index contributed by atoms with van der Waals surface area (Å²) < 4.78 is 11.2. The van der Waals surface area contributed by atoms with Gasteiger partial charge in [-0.1, -0.05) is 59.2 Å². The van der Waals surface area contributed by atoms with Gasteiger partial charge in [0.05, 0.1) is 11.7 Å². The molecule has 1 fully saturated rings. The maximum absolute atomic E-state index is 12.7. The Balaban J connectivity index is 1.50. The van der Waals surface area contributed by atoms with E-state index < -0.39 is 0 Å². The van der Waals surface area contributed by atoms with E-state index in [9.17, 15) is 4.79 Å². The molecular formula is C23H23ClN2O3. The van der Waals surface area contributed by atoms with Crippen LogP contribution in [-0.2, 0) is 17.8 Å². The summed E-state index contributed by atoms with van der Waals surface area (Å²) in [6.45, 7) is 2.85. The molecule has 1 aliphatic heterocycles. The fourth-order valence-electron chi connectivity index (χ4n) is 3.75. The van der Waals surface area contributed by atoms with Crippen molar-refractivity contribution >= 4 is 17.7 Å². The molecule has 0 aliphatic carbocycles. The number of amides is 1. The topological polar surface area (TPSA) is 55.6 Å². The van der Waals surface area contributed by atoms with Gasteiger partial charge < -0.3 is 9.26 Å². The monoisotopic (exact) mass is 410 g/mol. The Morgan fingerprint density at radius 1 is 1.17 bits per heavy atom. The van der Waals surface area contributed by atoms with Gasteiger partial charge in [0.2, 0.25) is 0 Å². The molecule has 0 saturated carbocycles. The van der Waals surface area contributed by atoms with Gasteiger partial charge in [-0.25, -0.2) is 4.79 Å². The van der Waals surface area contributed by atoms with E-state index in [4.69, 9.17) is 20.9 Å². The number of benzene rings is 2. The lowest BCUT2D eigenvalue weighted by Crippen LogP contribution is -2.31. The van der Waals surface area contributed by atoms with Crippen molar-refractivity contribution in [2.24, 2.45) is 0 Å². The highest BCUT2D eigenvalue weighted by molar-refractivity contribution is 6.30. The van der Waals surface area contributed by atoms with E-state index in [0.29, 0.717) is 18.0 Å². The molecule has 1 saturated heterocycles. The summed E-state index contributed by atoms with van der Waals surface area (Å²) in [6.07, 6.45) is 2.11. The average molecular weight is 411 g/mol. The van der Waals surface area contributed by atoms with Gasteiger partial charge in [-0.2, -0.15) is 0 Å². The Morgan fingerprint density at radius 3 is 2.69 bits per heavy atom. The molecule has 0 unspecified atom stereocenters. The quantitative estimate of drug-likeness (QED) is 0.541. The number of aromatic nitrogens is 1. The van der Waals surface area contributed by atoms with Crippen molar-refractivity contribution in [3.8, 4) is 0 Å². The zero-order valence-corrected chi connectivity index (χ0v) is 17.1. The Labute approximate surface area is 175 Å². The smallest absolute Gasteiger partial charge is 0.410 e. The third kappa shape index (κ3) is 4.46. The van der Waals surface area contributed by atoms with Crippen LogP contribution < -0.4 is 0 Å². The Bertz CT molecular complexity index is 970. The third-order valence-electron chi connectivity index (χ3n) is 5.30. The molecule has 1 amide bonds. The van der Waals surface area contributed by atoms with Crippen LogP contribution in [0.4, 0.5) is 4.79 Å². The summed E-state index contributed by atoms with van der Waals surface area (Å²) in [6, 6.07) is 17.3. The molecule has 3 aromatic rings. The molecule has 0 spiro atoms. The first kappa shape index (κ1) is 19.5. The number of likely N-dealkylation sites (tertiary alicyclic amines) is 1. The third-order valence-corrected chi connectivity index (χ3v) is 5.56. The van der Waals surface area contributed by atoms with Gasteiger partial charge in [-0.3, -0.25) is 4.90 Å². The number of halogens is 1. The molecule has 2 heterocycles. The first-order valence-corrected chi connectivity index (χ1v) is 10.2. The predicted molar refractivity (Wildman–Crippen MR) is 111 cm³/mol. The van der Waals surface area contributed by atoms with Crippen molar-refractivity contribution < 1.29 is 14.1 Å². The van der Waals surface area contributed by atoms with Gasteiger partial charge in [-0.15, -0.1) is 0 Å². The molecule has 2 aromatic carbocycles. The molecule has 1 atom stereocenters. The van der Waals surface area contributed by atoms with Gasteiger partial charge in [0.15, 0.2) is 5.76 Å². The summed E-state index contributed by atoms with van der Waals surface area (Å²) in [5, 5.41) is 4.89. The fourth-order valence-corrected chi connectivity index (χ4v) is 3.88. The summed E-state index contributed by atoms with van der Waals surface area (Å²) in [7, 11) is 0. The number of carbonyl (C=O) groups excluding carboxylic acids is 1. The lowest BCUT2D eigenvalue weighted by molar-refractivity contribution is 0.0873. The first-order chi connectivity index (χ1) is 14.1. The van der Waals surface area contributed by atoms with Crippen LogP contribution in [-0.4, -0.2) is 22.7 Å². The van der Waals surface area contributed by atoms with Gasteiger partial charge in [-0.05, 0) is 43.0 Å². The SMILES string of the molecule is Cc1noc([C@@H]2CCCN2C(=O)OCc2ccccc2)c1Cc1ccc(Cl)cc1. The second kappa shape index (κ2) is 8.70. The van der Waals surface area contributed by atoms with Crippen molar-refractivity contribution in [3.05, 3.63) is 87.8 Å². The number of rotatable bonds is 5. The minimum atomic E-state index is -0.317.